The van der Waals surface area contributed by atoms with E-state index in [1.807, 2.05) is 6.92 Å². The Labute approximate surface area is 96.4 Å². The number of carbonyl (C=O) groups excluding carboxylic acids is 2. The summed E-state index contributed by atoms with van der Waals surface area (Å²) >= 11 is 0. The fraction of sp³-hybridized carbons (Fsp3) is 0.833. The average Bonchev–Trinajstić information content (AvgIpc) is 2.49. The van der Waals surface area contributed by atoms with Gasteiger partial charge in [-0.3, -0.25) is 9.69 Å². The van der Waals surface area contributed by atoms with E-state index in [4.69, 9.17) is 0 Å². The summed E-state index contributed by atoms with van der Waals surface area (Å²) in [6.45, 7) is 4.60. The Morgan fingerprint density at radius 3 is 2.81 bits per heavy atom. The largest absolute Gasteiger partial charge is 0.325 e. The number of imide groups is 1. The third kappa shape index (κ3) is 1.51. The van der Waals surface area contributed by atoms with Crippen molar-refractivity contribution in [3.63, 3.8) is 0 Å². The molecule has 2 fully saturated rings. The van der Waals surface area contributed by atoms with Gasteiger partial charge in [0.15, 0.2) is 0 Å². The van der Waals surface area contributed by atoms with Gasteiger partial charge < -0.3 is 5.32 Å². The van der Waals surface area contributed by atoms with Crippen molar-refractivity contribution >= 4 is 11.9 Å². The summed E-state index contributed by atoms with van der Waals surface area (Å²) in [4.78, 5) is 25.5. The van der Waals surface area contributed by atoms with Crippen LogP contribution in [0, 0.1) is 5.92 Å². The second-order valence-corrected chi connectivity index (χ2v) is 5.01. The zero-order chi connectivity index (χ0) is 11.8. The number of urea groups is 1. The molecule has 1 N–H and O–H groups in total. The highest BCUT2D eigenvalue weighted by Gasteiger charge is 2.54. The Kier molecular flexibility index (Phi) is 2.91. The molecule has 1 aliphatic carbocycles. The predicted octanol–water partition coefficient (Wildman–Crippen LogP) is 1.90. The maximum absolute atomic E-state index is 12.3. The van der Waals surface area contributed by atoms with Crippen LogP contribution in [0.15, 0.2) is 0 Å². The van der Waals surface area contributed by atoms with Crippen molar-refractivity contribution in [2.24, 2.45) is 5.92 Å². The molecule has 0 aromatic heterocycles. The Morgan fingerprint density at radius 2 is 2.19 bits per heavy atom. The van der Waals surface area contributed by atoms with Crippen LogP contribution >= 0.6 is 0 Å². The predicted molar refractivity (Wildman–Crippen MR) is 60.9 cm³/mol. The van der Waals surface area contributed by atoms with Crippen LogP contribution < -0.4 is 5.32 Å². The van der Waals surface area contributed by atoms with Crippen LogP contribution in [-0.2, 0) is 4.79 Å². The molecule has 2 unspecified atom stereocenters. The van der Waals surface area contributed by atoms with E-state index in [0.717, 1.165) is 25.7 Å². The smallest absolute Gasteiger partial charge is 0.323 e. The second kappa shape index (κ2) is 4.07. The van der Waals surface area contributed by atoms with Gasteiger partial charge in [0.2, 0.25) is 0 Å². The summed E-state index contributed by atoms with van der Waals surface area (Å²) in [6, 6.07) is -0.194. The van der Waals surface area contributed by atoms with E-state index in [1.165, 1.54) is 11.3 Å². The highest BCUT2D eigenvalue weighted by Crippen LogP contribution is 2.38. The number of carbonyl (C=O) groups is 2. The van der Waals surface area contributed by atoms with Gasteiger partial charge in [0, 0.05) is 6.54 Å². The lowest BCUT2D eigenvalue weighted by Crippen LogP contribution is -2.53. The van der Waals surface area contributed by atoms with Crippen molar-refractivity contribution in [1.29, 1.82) is 0 Å². The molecular weight excluding hydrogens is 204 g/mol. The molecule has 0 aromatic carbocycles. The van der Waals surface area contributed by atoms with Crippen LogP contribution in [0.3, 0.4) is 0 Å². The second-order valence-electron chi connectivity index (χ2n) is 5.01. The summed E-state index contributed by atoms with van der Waals surface area (Å²) in [5.74, 6) is 0.270. The molecule has 1 aliphatic heterocycles. The van der Waals surface area contributed by atoms with Crippen LogP contribution in [0.4, 0.5) is 4.79 Å². The summed E-state index contributed by atoms with van der Waals surface area (Å²) in [6.07, 6.45) is 4.87. The molecule has 1 saturated heterocycles. The fourth-order valence-electron chi connectivity index (χ4n) is 2.92. The molecule has 1 heterocycles. The molecule has 2 atom stereocenters. The number of rotatable bonds is 2. The van der Waals surface area contributed by atoms with Gasteiger partial charge in [0.1, 0.15) is 5.54 Å². The number of amides is 3. The first kappa shape index (κ1) is 11.4. The first-order valence-electron chi connectivity index (χ1n) is 6.26. The molecule has 2 aliphatic rings. The van der Waals surface area contributed by atoms with Crippen LogP contribution in [0.5, 0.6) is 0 Å². The molecule has 3 amide bonds. The van der Waals surface area contributed by atoms with Gasteiger partial charge in [-0.05, 0) is 25.2 Å². The summed E-state index contributed by atoms with van der Waals surface area (Å²) in [5.41, 5.74) is -0.579. The van der Waals surface area contributed by atoms with Crippen molar-refractivity contribution < 1.29 is 9.59 Å². The maximum Gasteiger partial charge on any atom is 0.325 e. The fourth-order valence-corrected chi connectivity index (χ4v) is 2.92. The number of hydrogen-bond donors (Lipinski definition) is 1. The van der Waals surface area contributed by atoms with Gasteiger partial charge in [0.25, 0.3) is 5.91 Å². The Hall–Kier alpha value is -1.06. The third-order valence-electron chi connectivity index (χ3n) is 3.95. The molecule has 4 heteroatoms. The van der Waals surface area contributed by atoms with Crippen LogP contribution in [0.1, 0.15) is 46.0 Å². The third-order valence-corrected chi connectivity index (χ3v) is 3.95. The lowest BCUT2D eigenvalue weighted by Gasteiger charge is -2.36. The van der Waals surface area contributed by atoms with E-state index in [-0.39, 0.29) is 17.9 Å². The van der Waals surface area contributed by atoms with Crippen LogP contribution in [-0.4, -0.2) is 28.9 Å². The van der Waals surface area contributed by atoms with Crippen molar-refractivity contribution in [3.05, 3.63) is 0 Å². The van der Waals surface area contributed by atoms with E-state index < -0.39 is 5.54 Å². The lowest BCUT2D eigenvalue weighted by molar-refractivity contribution is -0.134. The van der Waals surface area contributed by atoms with E-state index in [9.17, 15) is 9.59 Å². The van der Waals surface area contributed by atoms with E-state index in [2.05, 4.69) is 12.2 Å². The zero-order valence-corrected chi connectivity index (χ0v) is 10.1. The van der Waals surface area contributed by atoms with Gasteiger partial charge in [-0.2, -0.15) is 0 Å². The van der Waals surface area contributed by atoms with Crippen molar-refractivity contribution in [3.8, 4) is 0 Å². The first-order chi connectivity index (χ1) is 7.62. The molecule has 1 saturated carbocycles. The van der Waals surface area contributed by atoms with Gasteiger partial charge >= 0.3 is 6.03 Å². The summed E-state index contributed by atoms with van der Waals surface area (Å²) < 4.78 is 0. The topological polar surface area (TPSA) is 49.4 Å². The van der Waals surface area contributed by atoms with E-state index >= 15 is 0 Å². The van der Waals surface area contributed by atoms with Gasteiger partial charge in [-0.25, -0.2) is 4.79 Å². The summed E-state index contributed by atoms with van der Waals surface area (Å²) in [7, 11) is 0. The first-order valence-corrected chi connectivity index (χ1v) is 6.26. The average molecular weight is 224 g/mol. The molecule has 90 valence electrons. The maximum atomic E-state index is 12.3. The Balaban J connectivity index is 2.23. The molecule has 1 spiro atoms. The molecule has 2 rings (SSSR count). The lowest BCUT2D eigenvalue weighted by atomic mass is 9.73. The number of nitrogens with one attached hydrogen (secondary N) is 1. The normalized spacial score (nSPS) is 34.6. The molecular formula is C12H20N2O2. The minimum Gasteiger partial charge on any atom is -0.323 e. The zero-order valence-electron chi connectivity index (χ0n) is 10.1. The van der Waals surface area contributed by atoms with Crippen LogP contribution in [0.2, 0.25) is 0 Å². The van der Waals surface area contributed by atoms with Crippen molar-refractivity contribution in [1.82, 2.24) is 10.2 Å². The standard InChI is InChI=1S/C12H20N2O2/c1-3-8-14-10(15)12(13-11(14)16)7-5-4-6-9(12)2/h9H,3-8H2,1-2H3,(H,13,16). The molecule has 0 bridgehead atoms. The minimum atomic E-state index is -0.579. The minimum absolute atomic E-state index is 0.00606. The van der Waals surface area contributed by atoms with Crippen molar-refractivity contribution in [2.75, 3.05) is 6.54 Å². The molecule has 4 nitrogen and oxygen atoms in total. The monoisotopic (exact) mass is 224 g/mol. The SMILES string of the molecule is CCCN1C(=O)NC2(CCCCC2C)C1=O. The molecule has 16 heavy (non-hydrogen) atoms. The molecule has 0 aromatic rings. The number of nitrogens with zero attached hydrogens (tertiary/aromatic N) is 1. The van der Waals surface area contributed by atoms with Gasteiger partial charge in [-0.15, -0.1) is 0 Å². The van der Waals surface area contributed by atoms with E-state index in [0.29, 0.717) is 6.54 Å². The number of hydrogen-bond acceptors (Lipinski definition) is 2. The Bertz CT molecular complexity index is 316. The molecule has 0 radical (unpaired) electrons. The highest BCUT2D eigenvalue weighted by molar-refractivity contribution is 6.07. The quantitative estimate of drug-likeness (QED) is 0.728. The van der Waals surface area contributed by atoms with E-state index in [1.54, 1.807) is 0 Å². The highest BCUT2D eigenvalue weighted by atomic mass is 16.2. The Morgan fingerprint density at radius 1 is 1.44 bits per heavy atom. The summed E-state index contributed by atoms with van der Waals surface area (Å²) in [5, 5.41) is 2.94. The van der Waals surface area contributed by atoms with Gasteiger partial charge in [-0.1, -0.05) is 26.7 Å². The van der Waals surface area contributed by atoms with Crippen molar-refractivity contribution in [2.45, 2.75) is 51.5 Å². The van der Waals surface area contributed by atoms with Gasteiger partial charge in [0.05, 0.1) is 0 Å². The van der Waals surface area contributed by atoms with Crippen LogP contribution in [0.25, 0.3) is 0 Å².